The van der Waals surface area contributed by atoms with Crippen LogP contribution >= 0.6 is 11.3 Å². The fourth-order valence-corrected chi connectivity index (χ4v) is 4.30. The van der Waals surface area contributed by atoms with Gasteiger partial charge in [-0.25, -0.2) is 0 Å². The van der Waals surface area contributed by atoms with Crippen LogP contribution in [0, 0.1) is 0 Å². The summed E-state index contributed by atoms with van der Waals surface area (Å²) in [5, 5.41) is 1.97. The van der Waals surface area contributed by atoms with Crippen molar-refractivity contribution in [3.8, 4) is 0 Å². The Morgan fingerprint density at radius 2 is 1.95 bits per heavy atom. The Bertz CT molecular complexity index is 667. The molecule has 2 aliphatic rings. The van der Waals surface area contributed by atoms with Crippen molar-refractivity contribution in [2.45, 2.75) is 25.4 Å². The van der Waals surface area contributed by atoms with E-state index in [-0.39, 0.29) is 5.91 Å². The lowest BCUT2D eigenvalue weighted by atomic mass is 9.98. The first kappa shape index (κ1) is 14.0. The fraction of sp³-hybridized carbons (Fsp3) is 0.389. The third-order valence-electron chi connectivity index (χ3n) is 4.86. The average Bonchev–Trinajstić information content (AvgIpc) is 3.25. The van der Waals surface area contributed by atoms with E-state index in [1.807, 2.05) is 22.4 Å². The van der Waals surface area contributed by atoms with Crippen molar-refractivity contribution in [1.29, 1.82) is 0 Å². The molecule has 0 aliphatic carbocycles. The smallest absolute Gasteiger partial charge is 0.263 e. The molecule has 114 valence electrons. The number of likely N-dealkylation sites (tertiary alicyclic amines) is 1. The maximum absolute atomic E-state index is 12.5. The zero-order valence-electron chi connectivity index (χ0n) is 12.6. The van der Waals surface area contributed by atoms with Gasteiger partial charge in [-0.3, -0.25) is 9.69 Å². The number of hydrogen-bond acceptors (Lipinski definition) is 3. The zero-order valence-corrected chi connectivity index (χ0v) is 13.4. The molecule has 0 unspecified atom stereocenters. The van der Waals surface area contributed by atoms with Crippen molar-refractivity contribution in [1.82, 2.24) is 9.80 Å². The van der Waals surface area contributed by atoms with Gasteiger partial charge in [-0.15, -0.1) is 11.3 Å². The molecule has 1 aromatic carbocycles. The molecular weight excluding hydrogens is 292 g/mol. The van der Waals surface area contributed by atoms with E-state index in [1.54, 1.807) is 11.3 Å². The topological polar surface area (TPSA) is 23.6 Å². The summed E-state index contributed by atoms with van der Waals surface area (Å²) in [6.45, 7) is 3.91. The van der Waals surface area contributed by atoms with Crippen LogP contribution < -0.4 is 0 Å². The van der Waals surface area contributed by atoms with Crippen molar-refractivity contribution in [3.05, 3.63) is 57.8 Å². The molecule has 1 fully saturated rings. The van der Waals surface area contributed by atoms with Crippen LogP contribution in [0.3, 0.4) is 0 Å². The Morgan fingerprint density at radius 3 is 2.77 bits per heavy atom. The predicted molar refractivity (Wildman–Crippen MR) is 89.2 cm³/mol. The first-order valence-corrected chi connectivity index (χ1v) is 8.83. The van der Waals surface area contributed by atoms with E-state index in [0.29, 0.717) is 6.04 Å². The van der Waals surface area contributed by atoms with Gasteiger partial charge in [0.25, 0.3) is 5.91 Å². The van der Waals surface area contributed by atoms with Crippen molar-refractivity contribution in [2.75, 3.05) is 19.6 Å². The van der Waals surface area contributed by atoms with Gasteiger partial charge in [0.1, 0.15) is 0 Å². The number of thiophene rings is 1. The number of benzene rings is 1. The van der Waals surface area contributed by atoms with Crippen LogP contribution in [-0.4, -0.2) is 41.4 Å². The van der Waals surface area contributed by atoms with Gasteiger partial charge >= 0.3 is 0 Å². The second-order valence-corrected chi connectivity index (χ2v) is 7.11. The molecule has 0 bridgehead atoms. The van der Waals surface area contributed by atoms with Gasteiger partial charge in [0.15, 0.2) is 0 Å². The van der Waals surface area contributed by atoms with E-state index >= 15 is 0 Å². The van der Waals surface area contributed by atoms with Crippen LogP contribution in [0.5, 0.6) is 0 Å². The molecule has 4 rings (SSSR count). The summed E-state index contributed by atoms with van der Waals surface area (Å²) >= 11 is 1.54. The molecule has 4 heteroatoms. The highest BCUT2D eigenvalue weighted by Gasteiger charge is 2.32. The summed E-state index contributed by atoms with van der Waals surface area (Å²) < 4.78 is 0. The zero-order chi connectivity index (χ0) is 14.9. The number of carbonyl (C=O) groups excluding carboxylic acids is 1. The Kier molecular flexibility index (Phi) is 3.72. The van der Waals surface area contributed by atoms with Crippen LogP contribution in [0.25, 0.3) is 0 Å². The van der Waals surface area contributed by atoms with Crippen molar-refractivity contribution >= 4 is 17.2 Å². The molecule has 0 saturated carbocycles. The molecule has 0 radical (unpaired) electrons. The van der Waals surface area contributed by atoms with Gasteiger partial charge in [0.2, 0.25) is 0 Å². The molecule has 1 atom stereocenters. The summed E-state index contributed by atoms with van der Waals surface area (Å²) in [4.78, 5) is 17.9. The molecular formula is C18H20N2OS. The minimum Gasteiger partial charge on any atom is -0.336 e. The van der Waals surface area contributed by atoms with Crippen molar-refractivity contribution < 1.29 is 4.79 Å². The molecule has 2 aliphatic heterocycles. The molecule has 1 amide bonds. The van der Waals surface area contributed by atoms with Gasteiger partial charge in [-0.1, -0.05) is 30.3 Å². The highest BCUT2D eigenvalue weighted by atomic mass is 32.1. The number of nitrogens with zero attached hydrogens (tertiary/aromatic N) is 2. The molecule has 3 heterocycles. The van der Waals surface area contributed by atoms with Gasteiger partial charge in [0.05, 0.1) is 4.88 Å². The molecule has 3 nitrogen and oxygen atoms in total. The molecule has 1 aromatic heterocycles. The lowest BCUT2D eigenvalue weighted by molar-refractivity contribution is 0.0778. The van der Waals surface area contributed by atoms with Gasteiger partial charge in [-0.2, -0.15) is 0 Å². The Hall–Kier alpha value is -1.65. The molecule has 22 heavy (non-hydrogen) atoms. The van der Waals surface area contributed by atoms with Crippen molar-refractivity contribution in [2.24, 2.45) is 0 Å². The summed E-state index contributed by atoms with van der Waals surface area (Å²) in [6, 6.07) is 13.1. The fourth-order valence-electron chi connectivity index (χ4n) is 3.61. The third-order valence-corrected chi connectivity index (χ3v) is 5.72. The summed E-state index contributed by atoms with van der Waals surface area (Å²) in [5.74, 6) is 0.204. The standard InChI is InChI=1S/C18H20N2OS/c21-18(17-6-3-11-22-17)20-10-8-16(13-20)19-9-7-14-4-1-2-5-15(14)12-19/h1-6,11,16H,7-10,12-13H2/t16-/m1/s1. The van der Waals surface area contributed by atoms with E-state index in [1.165, 1.54) is 11.1 Å². The molecule has 0 spiro atoms. The maximum Gasteiger partial charge on any atom is 0.263 e. The SMILES string of the molecule is O=C(c1cccs1)N1CC[C@@H](N2CCc3ccccc3C2)C1. The average molecular weight is 312 g/mol. The van der Waals surface area contributed by atoms with E-state index in [9.17, 15) is 4.79 Å². The molecule has 2 aromatic rings. The maximum atomic E-state index is 12.5. The first-order valence-electron chi connectivity index (χ1n) is 7.95. The Labute approximate surface area is 135 Å². The van der Waals surface area contributed by atoms with Gasteiger partial charge in [0, 0.05) is 32.2 Å². The summed E-state index contributed by atoms with van der Waals surface area (Å²) in [6.07, 6.45) is 2.23. The van der Waals surface area contributed by atoms with E-state index in [2.05, 4.69) is 29.2 Å². The van der Waals surface area contributed by atoms with Crippen LogP contribution in [0.1, 0.15) is 27.2 Å². The number of fused-ring (bicyclic) bond motifs is 1. The number of amides is 1. The van der Waals surface area contributed by atoms with Crippen molar-refractivity contribution in [3.63, 3.8) is 0 Å². The van der Waals surface area contributed by atoms with Gasteiger partial charge in [-0.05, 0) is 35.4 Å². The monoisotopic (exact) mass is 312 g/mol. The van der Waals surface area contributed by atoms with E-state index in [4.69, 9.17) is 0 Å². The number of rotatable bonds is 2. The van der Waals surface area contributed by atoms with Crippen LogP contribution in [0.2, 0.25) is 0 Å². The Morgan fingerprint density at radius 1 is 1.09 bits per heavy atom. The lowest BCUT2D eigenvalue weighted by Gasteiger charge is -2.33. The lowest BCUT2D eigenvalue weighted by Crippen LogP contribution is -2.41. The van der Waals surface area contributed by atoms with Gasteiger partial charge < -0.3 is 4.90 Å². The summed E-state index contributed by atoms with van der Waals surface area (Å²) in [5.41, 5.74) is 2.94. The molecule has 1 saturated heterocycles. The molecule has 0 N–H and O–H groups in total. The van der Waals surface area contributed by atoms with E-state index < -0.39 is 0 Å². The summed E-state index contributed by atoms with van der Waals surface area (Å²) in [7, 11) is 0. The first-order chi connectivity index (χ1) is 10.8. The number of hydrogen-bond donors (Lipinski definition) is 0. The predicted octanol–water partition coefficient (Wildman–Crippen LogP) is 3.02. The minimum atomic E-state index is 0.204. The third kappa shape index (κ3) is 2.57. The normalized spacial score (nSPS) is 21.8. The van der Waals surface area contributed by atoms with Crippen LogP contribution in [-0.2, 0) is 13.0 Å². The highest BCUT2D eigenvalue weighted by Crippen LogP contribution is 2.25. The Balaban J connectivity index is 1.42. The number of carbonyl (C=O) groups is 1. The van der Waals surface area contributed by atoms with E-state index in [0.717, 1.165) is 43.9 Å². The second-order valence-electron chi connectivity index (χ2n) is 6.16. The largest absolute Gasteiger partial charge is 0.336 e. The second kappa shape index (κ2) is 5.86. The quantitative estimate of drug-likeness (QED) is 0.851. The highest BCUT2D eigenvalue weighted by molar-refractivity contribution is 7.12. The van der Waals surface area contributed by atoms with Crippen LogP contribution in [0.15, 0.2) is 41.8 Å². The minimum absolute atomic E-state index is 0.204. The van der Waals surface area contributed by atoms with Crippen LogP contribution in [0.4, 0.5) is 0 Å².